The van der Waals surface area contributed by atoms with Crippen LogP contribution in [-0.4, -0.2) is 0 Å². The molecule has 1 N–H and O–H groups in total. The number of nitrogens with one attached hydrogen (secondary N) is 1. The van der Waals surface area contributed by atoms with Crippen molar-refractivity contribution in [1.29, 1.82) is 0 Å². The zero-order chi connectivity index (χ0) is 18.6. The minimum absolute atomic E-state index is 0.0783. The maximum Gasteiger partial charge on any atom is 0.0958 e. The first-order valence-corrected chi connectivity index (χ1v) is 9.46. The molecule has 0 amide bonds. The molecule has 1 aliphatic rings. The molecule has 1 heterocycles. The van der Waals surface area contributed by atoms with Crippen LogP contribution in [0, 0.1) is 0 Å². The Morgan fingerprint density at radius 3 is 2.04 bits per heavy atom. The van der Waals surface area contributed by atoms with Crippen molar-refractivity contribution in [1.82, 2.24) is 5.43 Å². The second-order valence-electron chi connectivity index (χ2n) is 6.32. The standard InChI is InChI=1S/C23H18Cl2N2/c24-19-11-6-17(7-12-19)8-15-21-16-23(18-9-13-20(25)14-10-18)27(26-21)22-4-2-1-3-5-22/h1-16,23,26H/b15-8+/t23-/m0/s1. The van der Waals surface area contributed by atoms with E-state index < -0.39 is 0 Å². The molecule has 0 aliphatic carbocycles. The first kappa shape index (κ1) is 17.7. The van der Waals surface area contributed by atoms with Gasteiger partial charge in [-0.1, -0.05) is 71.7 Å². The third-order valence-electron chi connectivity index (χ3n) is 4.44. The van der Waals surface area contributed by atoms with Crippen LogP contribution in [0.2, 0.25) is 10.0 Å². The Labute approximate surface area is 169 Å². The van der Waals surface area contributed by atoms with E-state index in [4.69, 9.17) is 23.2 Å². The molecule has 0 aromatic heterocycles. The van der Waals surface area contributed by atoms with Crippen molar-refractivity contribution in [2.45, 2.75) is 6.04 Å². The highest BCUT2D eigenvalue weighted by atomic mass is 35.5. The summed E-state index contributed by atoms with van der Waals surface area (Å²) in [7, 11) is 0. The molecule has 1 atom stereocenters. The lowest BCUT2D eigenvalue weighted by Gasteiger charge is -2.27. The Morgan fingerprint density at radius 2 is 1.37 bits per heavy atom. The van der Waals surface area contributed by atoms with E-state index in [1.54, 1.807) is 0 Å². The number of hydrogen-bond donors (Lipinski definition) is 1. The van der Waals surface area contributed by atoms with Gasteiger partial charge < -0.3 is 0 Å². The topological polar surface area (TPSA) is 15.3 Å². The van der Waals surface area contributed by atoms with Crippen LogP contribution >= 0.6 is 23.2 Å². The number of para-hydroxylation sites is 1. The normalized spacial score (nSPS) is 16.4. The van der Waals surface area contributed by atoms with E-state index in [0.29, 0.717) is 0 Å². The fourth-order valence-corrected chi connectivity index (χ4v) is 3.31. The summed E-state index contributed by atoms with van der Waals surface area (Å²) >= 11 is 12.0. The summed E-state index contributed by atoms with van der Waals surface area (Å²) in [6, 6.07) is 26.1. The highest BCUT2D eigenvalue weighted by Crippen LogP contribution is 2.32. The molecule has 4 rings (SSSR count). The van der Waals surface area contributed by atoms with Gasteiger partial charge >= 0.3 is 0 Å². The van der Waals surface area contributed by atoms with E-state index >= 15 is 0 Å². The van der Waals surface area contributed by atoms with Crippen molar-refractivity contribution >= 4 is 35.0 Å². The maximum atomic E-state index is 6.06. The van der Waals surface area contributed by atoms with E-state index in [1.165, 1.54) is 5.56 Å². The van der Waals surface area contributed by atoms with Gasteiger partial charge in [-0.2, -0.15) is 0 Å². The summed E-state index contributed by atoms with van der Waals surface area (Å²) < 4.78 is 0. The monoisotopic (exact) mass is 392 g/mol. The number of rotatable bonds is 4. The van der Waals surface area contributed by atoms with Gasteiger partial charge in [0, 0.05) is 10.0 Å². The molecule has 0 bridgehead atoms. The van der Waals surface area contributed by atoms with Crippen LogP contribution in [0.15, 0.2) is 96.7 Å². The number of hydrazine groups is 1. The predicted molar refractivity (Wildman–Crippen MR) is 115 cm³/mol. The minimum Gasteiger partial charge on any atom is -0.298 e. The quantitative estimate of drug-likeness (QED) is 0.533. The Bertz CT molecular complexity index is 962. The molecular weight excluding hydrogens is 375 g/mol. The average molecular weight is 393 g/mol. The number of hydrogen-bond acceptors (Lipinski definition) is 2. The molecule has 27 heavy (non-hydrogen) atoms. The van der Waals surface area contributed by atoms with Crippen molar-refractivity contribution < 1.29 is 0 Å². The van der Waals surface area contributed by atoms with E-state index in [9.17, 15) is 0 Å². The van der Waals surface area contributed by atoms with Gasteiger partial charge in [0.15, 0.2) is 0 Å². The molecular formula is C23H18Cl2N2. The number of anilines is 1. The highest BCUT2D eigenvalue weighted by Gasteiger charge is 2.25. The second-order valence-corrected chi connectivity index (χ2v) is 7.19. The number of halogens is 2. The van der Waals surface area contributed by atoms with Crippen LogP contribution in [0.5, 0.6) is 0 Å². The Hall–Kier alpha value is -2.68. The number of allylic oxidation sites excluding steroid dienone is 1. The molecule has 0 saturated carbocycles. The van der Waals surface area contributed by atoms with Crippen molar-refractivity contribution in [2.75, 3.05) is 5.01 Å². The minimum atomic E-state index is 0.0783. The lowest BCUT2D eigenvalue weighted by molar-refractivity contribution is 0.710. The number of nitrogens with zero attached hydrogens (tertiary/aromatic N) is 1. The first-order valence-electron chi connectivity index (χ1n) is 8.71. The van der Waals surface area contributed by atoms with Crippen LogP contribution in [0.1, 0.15) is 17.2 Å². The van der Waals surface area contributed by atoms with Gasteiger partial charge in [-0.3, -0.25) is 10.4 Å². The fourth-order valence-electron chi connectivity index (χ4n) is 3.06. The number of benzene rings is 3. The summed E-state index contributed by atoms with van der Waals surface area (Å²) in [6.07, 6.45) is 6.36. The van der Waals surface area contributed by atoms with Crippen molar-refractivity contribution in [3.05, 3.63) is 118 Å². The summed E-state index contributed by atoms with van der Waals surface area (Å²) in [5.41, 5.74) is 7.91. The Kier molecular flexibility index (Phi) is 5.19. The second kappa shape index (κ2) is 7.91. The van der Waals surface area contributed by atoms with Gasteiger partial charge in [0.1, 0.15) is 0 Å². The van der Waals surface area contributed by atoms with Crippen LogP contribution in [0.3, 0.4) is 0 Å². The molecule has 134 valence electrons. The SMILES string of the molecule is Clc1ccc(/C=C/C2=C[C@@H](c3ccc(Cl)cc3)N(c3ccccc3)N2)cc1. The lowest BCUT2D eigenvalue weighted by atomic mass is 10.1. The molecule has 4 heteroatoms. The van der Waals surface area contributed by atoms with Crippen LogP contribution in [0.4, 0.5) is 5.69 Å². The molecule has 0 saturated heterocycles. The Balaban J connectivity index is 1.63. The van der Waals surface area contributed by atoms with Crippen LogP contribution < -0.4 is 10.4 Å². The Morgan fingerprint density at radius 1 is 0.741 bits per heavy atom. The summed E-state index contributed by atoms with van der Waals surface area (Å²) in [6.45, 7) is 0. The first-order chi connectivity index (χ1) is 13.2. The van der Waals surface area contributed by atoms with Gasteiger partial charge in [-0.05, 0) is 59.7 Å². The maximum absolute atomic E-state index is 6.06. The lowest BCUT2D eigenvalue weighted by Crippen LogP contribution is -2.33. The van der Waals surface area contributed by atoms with Crippen molar-refractivity contribution in [2.24, 2.45) is 0 Å². The zero-order valence-corrected chi connectivity index (χ0v) is 16.0. The van der Waals surface area contributed by atoms with Gasteiger partial charge in [-0.15, -0.1) is 0 Å². The van der Waals surface area contributed by atoms with Crippen LogP contribution in [-0.2, 0) is 0 Å². The van der Waals surface area contributed by atoms with Gasteiger partial charge in [0.05, 0.1) is 17.4 Å². The molecule has 0 unspecified atom stereocenters. The van der Waals surface area contributed by atoms with E-state index in [-0.39, 0.29) is 6.04 Å². The van der Waals surface area contributed by atoms with Crippen LogP contribution in [0.25, 0.3) is 6.08 Å². The van der Waals surface area contributed by atoms with E-state index in [2.05, 4.69) is 52.9 Å². The zero-order valence-electron chi connectivity index (χ0n) is 14.5. The summed E-state index contributed by atoms with van der Waals surface area (Å²) in [5.74, 6) is 0. The van der Waals surface area contributed by atoms with Crippen molar-refractivity contribution in [3.8, 4) is 0 Å². The molecule has 3 aromatic carbocycles. The van der Waals surface area contributed by atoms with Gasteiger partial charge in [-0.25, -0.2) is 0 Å². The van der Waals surface area contributed by atoms with E-state index in [0.717, 1.165) is 27.0 Å². The molecule has 0 spiro atoms. The van der Waals surface area contributed by atoms with Gasteiger partial charge in [0.2, 0.25) is 0 Å². The smallest absolute Gasteiger partial charge is 0.0958 e. The molecule has 3 aromatic rings. The molecule has 2 nitrogen and oxygen atoms in total. The van der Waals surface area contributed by atoms with E-state index in [1.807, 2.05) is 54.6 Å². The predicted octanol–water partition coefficient (Wildman–Crippen LogP) is 6.66. The molecule has 0 radical (unpaired) electrons. The third-order valence-corrected chi connectivity index (χ3v) is 4.94. The highest BCUT2D eigenvalue weighted by molar-refractivity contribution is 6.30. The van der Waals surface area contributed by atoms with Crippen molar-refractivity contribution in [3.63, 3.8) is 0 Å². The summed E-state index contributed by atoms with van der Waals surface area (Å²) in [5, 5.41) is 3.64. The fraction of sp³-hybridized carbons (Fsp3) is 0.0435. The molecule has 1 aliphatic heterocycles. The summed E-state index contributed by atoms with van der Waals surface area (Å²) in [4.78, 5) is 0. The molecule has 0 fully saturated rings. The van der Waals surface area contributed by atoms with Gasteiger partial charge in [0.25, 0.3) is 0 Å². The average Bonchev–Trinajstić information content (AvgIpc) is 3.13. The third kappa shape index (κ3) is 4.19. The largest absolute Gasteiger partial charge is 0.298 e.